The lowest BCUT2D eigenvalue weighted by molar-refractivity contribution is -0.129. The van der Waals surface area contributed by atoms with Crippen LogP contribution in [0.1, 0.15) is 12.8 Å². The maximum atomic E-state index is 14.8. The number of ether oxygens (including phenoxy) is 2. The van der Waals surface area contributed by atoms with Crippen LogP contribution < -0.4 is 10.1 Å². The van der Waals surface area contributed by atoms with Gasteiger partial charge in [0.1, 0.15) is 24.1 Å². The molecule has 3 heterocycles. The topological polar surface area (TPSA) is 112 Å². The monoisotopic (exact) mass is 494 g/mol. The largest absolute Gasteiger partial charge is 0.466 e. The Morgan fingerprint density at radius 3 is 2.83 bits per heavy atom. The molecular formula is C24H19FN4O5S. The van der Waals surface area contributed by atoms with Crippen LogP contribution in [-0.2, 0) is 25.7 Å². The summed E-state index contributed by atoms with van der Waals surface area (Å²) in [4.78, 5) is 38.9. The highest BCUT2D eigenvalue weighted by atomic mass is 32.1. The molecule has 0 saturated heterocycles. The Labute approximate surface area is 202 Å². The maximum absolute atomic E-state index is 14.8. The number of nitrogens with one attached hydrogen (secondary N) is 1. The zero-order valence-electron chi connectivity index (χ0n) is 18.3. The van der Waals surface area contributed by atoms with E-state index >= 15 is 0 Å². The summed E-state index contributed by atoms with van der Waals surface area (Å²) >= 11 is 1.43. The van der Waals surface area contributed by atoms with Crippen LogP contribution in [0.5, 0.6) is 11.5 Å². The molecule has 1 N–H and O–H groups in total. The lowest BCUT2D eigenvalue weighted by Gasteiger charge is -2.11. The third-order valence-electron chi connectivity index (χ3n) is 5.68. The van der Waals surface area contributed by atoms with Crippen LogP contribution in [0.15, 0.2) is 48.9 Å². The number of carbonyl (C=O) groups excluding carboxylic acids is 3. The average Bonchev–Trinajstić information content (AvgIpc) is 3.30. The molecule has 0 unspecified atom stereocenters. The summed E-state index contributed by atoms with van der Waals surface area (Å²) in [5.74, 6) is -0.655. The number of thiophene rings is 1. The molecule has 0 atom stereocenters. The van der Waals surface area contributed by atoms with Gasteiger partial charge in [-0.25, -0.2) is 4.39 Å². The first kappa shape index (κ1) is 22.7. The molecular weight excluding hydrogens is 475 g/mol. The van der Waals surface area contributed by atoms with Gasteiger partial charge in [0.2, 0.25) is 5.91 Å². The average molecular weight is 495 g/mol. The van der Waals surface area contributed by atoms with Gasteiger partial charge in [-0.15, -0.1) is 11.3 Å². The molecule has 3 aromatic heterocycles. The molecule has 0 aliphatic heterocycles. The molecule has 0 spiro atoms. The highest BCUT2D eigenvalue weighted by Crippen LogP contribution is 2.44. The first-order valence-corrected chi connectivity index (χ1v) is 11.5. The van der Waals surface area contributed by atoms with Crippen molar-refractivity contribution in [1.82, 2.24) is 14.8 Å². The van der Waals surface area contributed by atoms with E-state index in [1.165, 1.54) is 23.5 Å². The van der Waals surface area contributed by atoms with E-state index in [1.807, 2.05) is 12.3 Å². The van der Waals surface area contributed by atoms with E-state index in [9.17, 15) is 18.8 Å². The second kappa shape index (κ2) is 9.26. The van der Waals surface area contributed by atoms with Gasteiger partial charge < -0.3 is 19.6 Å². The molecule has 178 valence electrons. The van der Waals surface area contributed by atoms with E-state index in [4.69, 9.17) is 9.47 Å². The molecule has 11 heteroatoms. The van der Waals surface area contributed by atoms with E-state index in [-0.39, 0.29) is 18.0 Å². The molecule has 35 heavy (non-hydrogen) atoms. The van der Waals surface area contributed by atoms with Crippen LogP contribution >= 0.6 is 11.3 Å². The molecule has 1 fully saturated rings. The number of fused-ring (bicyclic) bond motifs is 1. The van der Waals surface area contributed by atoms with Crippen molar-refractivity contribution in [2.75, 3.05) is 11.9 Å². The van der Waals surface area contributed by atoms with Crippen LogP contribution in [0.3, 0.4) is 0 Å². The standard InChI is InChI=1S/C24H19FN4O5S/c25-17-9-16(28-23(32)24(13-30)4-5-24)1-2-19(17)34-20-3-6-26-18-10-21(35-22(18)20)15-11-27-29(12-15)7-8-33-14-31/h1-3,6,9-14H,4-5,7-8H2,(H,28,32). The highest BCUT2D eigenvalue weighted by Gasteiger charge is 2.50. The van der Waals surface area contributed by atoms with E-state index in [0.29, 0.717) is 43.4 Å². The normalized spacial score (nSPS) is 13.9. The Kier molecular flexibility index (Phi) is 6.00. The molecule has 5 rings (SSSR count). The fourth-order valence-electron chi connectivity index (χ4n) is 3.51. The first-order chi connectivity index (χ1) is 17.0. The predicted octanol–water partition coefficient (Wildman–Crippen LogP) is 4.18. The predicted molar refractivity (Wildman–Crippen MR) is 126 cm³/mol. The fourth-order valence-corrected chi connectivity index (χ4v) is 4.55. The van der Waals surface area contributed by atoms with E-state index in [2.05, 4.69) is 15.4 Å². The summed E-state index contributed by atoms with van der Waals surface area (Å²) in [7, 11) is 0. The van der Waals surface area contributed by atoms with Crippen molar-refractivity contribution in [3.63, 3.8) is 0 Å². The Hall–Kier alpha value is -4.12. The Morgan fingerprint density at radius 1 is 1.23 bits per heavy atom. The van der Waals surface area contributed by atoms with Crippen LogP contribution in [0.4, 0.5) is 10.1 Å². The number of rotatable bonds is 10. The summed E-state index contributed by atoms with van der Waals surface area (Å²) in [6, 6.07) is 7.66. The van der Waals surface area contributed by atoms with Gasteiger partial charge in [-0.05, 0) is 31.0 Å². The second-order valence-electron chi connectivity index (χ2n) is 8.07. The van der Waals surface area contributed by atoms with Crippen molar-refractivity contribution in [1.29, 1.82) is 0 Å². The number of benzene rings is 1. The minimum atomic E-state index is -0.981. The third kappa shape index (κ3) is 4.62. The summed E-state index contributed by atoms with van der Waals surface area (Å²) in [6.07, 6.45) is 6.77. The molecule has 1 saturated carbocycles. The summed E-state index contributed by atoms with van der Waals surface area (Å²) in [5, 5.41) is 6.86. The number of halogens is 1. The van der Waals surface area contributed by atoms with E-state index < -0.39 is 17.1 Å². The van der Waals surface area contributed by atoms with Crippen LogP contribution in [0.25, 0.3) is 20.7 Å². The number of aromatic nitrogens is 3. The lowest BCUT2D eigenvalue weighted by atomic mass is 10.1. The second-order valence-corrected chi connectivity index (χ2v) is 9.12. The molecule has 1 aliphatic carbocycles. The van der Waals surface area contributed by atoms with Gasteiger partial charge >= 0.3 is 0 Å². The SMILES string of the molecule is O=COCCn1cc(-c2cc3nccc(Oc4ccc(NC(=O)C5(C=O)CC5)cc4F)c3s2)cn1. The Morgan fingerprint density at radius 2 is 2.09 bits per heavy atom. The maximum Gasteiger partial charge on any atom is 0.293 e. The number of amides is 1. The molecule has 1 aliphatic rings. The van der Waals surface area contributed by atoms with Crippen molar-refractivity contribution in [2.45, 2.75) is 19.4 Å². The third-order valence-corrected chi connectivity index (χ3v) is 6.86. The van der Waals surface area contributed by atoms with Gasteiger partial charge in [-0.3, -0.25) is 19.3 Å². The number of hydrogen-bond acceptors (Lipinski definition) is 8. The first-order valence-electron chi connectivity index (χ1n) is 10.7. The van der Waals surface area contributed by atoms with Gasteiger partial charge in [-0.2, -0.15) is 5.10 Å². The minimum absolute atomic E-state index is 0.00929. The molecule has 1 amide bonds. The van der Waals surface area contributed by atoms with Crippen molar-refractivity contribution in [3.05, 3.63) is 54.7 Å². The van der Waals surface area contributed by atoms with Gasteiger partial charge in [0.15, 0.2) is 11.6 Å². The van der Waals surface area contributed by atoms with Gasteiger partial charge in [0, 0.05) is 40.7 Å². The van der Waals surface area contributed by atoms with E-state index in [0.717, 1.165) is 21.2 Å². The van der Waals surface area contributed by atoms with Crippen LogP contribution in [0, 0.1) is 11.2 Å². The smallest absolute Gasteiger partial charge is 0.293 e. The lowest BCUT2D eigenvalue weighted by Crippen LogP contribution is -2.25. The highest BCUT2D eigenvalue weighted by molar-refractivity contribution is 7.22. The van der Waals surface area contributed by atoms with Crippen LogP contribution in [-0.4, -0.2) is 40.0 Å². The summed E-state index contributed by atoms with van der Waals surface area (Å²) in [5.41, 5.74) is 0.819. The summed E-state index contributed by atoms with van der Waals surface area (Å²) in [6.45, 7) is 1.05. The van der Waals surface area contributed by atoms with Gasteiger partial charge in [0.05, 0.1) is 23.0 Å². The number of carbonyl (C=O) groups is 3. The Balaban J connectivity index is 1.34. The zero-order chi connectivity index (χ0) is 24.4. The van der Waals surface area contributed by atoms with Gasteiger partial charge in [0.25, 0.3) is 6.47 Å². The molecule has 0 radical (unpaired) electrons. The summed E-state index contributed by atoms with van der Waals surface area (Å²) < 4.78 is 27.7. The zero-order valence-corrected chi connectivity index (χ0v) is 19.1. The fraction of sp³-hybridized carbons (Fsp3) is 0.208. The number of hydrogen-bond donors (Lipinski definition) is 1. The quantitative estimate of drug-likeness (QED) is 0.200. The molecule has 4 aromatic rings. The van der Waals surface area contributed by atoms with Gasteiger partial charge in [-0.1, -0.05) is 0 Å². The van der Waals surface area contributed by atoms with Crippen molar-refractivity contribution < 1.29 is 28.2 Å². The molecule has 0 bridgehead atoms. The van der Waals surface area contributed by atoms with Crippen LogP contribution in [0.2, 0.25) is 0 Å². The molecule has 1 aromatic carbocycles. The number of aldehydes is 1. The molecule has 9 nitrogen and oxygen atoms in total. The Bertz CT molecular complexity index is 1430. The van der Waals surface area contributed by atoms with Crippen molar-refractivity contribution in [2.24, 2.45) is 5.41 Å². The minimum Gasteiger partial charge on any atom is -0.466 e. The number of anilines is 1. The number of nitrogens with zero attached hydrogens (tertiary/aromatic N) is 3. The van der Waals surface area contributed by atoms with E-state index in [1.54, 1.807) is 23.1 Å². The number of pyridine rings is 1. The van der Waals surface area contributed by atoms with Crippen molar-refractivity contribution >= 4 is 45.9 Å². The van der Waals surface area contributed by atoms with Crippen molar-refractivity contribution in [3.8, 4) is 21.9 Å².